The summed E-state index contributed by atoms with van der Waals surface area (Å²) in [5.41, 5.74) is 4.43. The summed E-state index contributed by atoms with van der Waals surface area (Å²) in [4.78, 5) is 28.8. The molecule has 26 heavy (non-hydrogen) atoms. The van der Waals surface area contributed by atoms with E-state index in [-0.39, 0.29) is 11.7 Å². The molecule has 3 N–H and O–H groups in total. The van der Waals surface area contributed by atoms with Crippen LogP contribution in [0.4, 0.5) is 0 Å². The van der Waals surface area contributed by atoms with Gasteiger partial charge >= 0.3 is 0 Å². The van der Waals surface area contributed by atoms with Gasteiger partial charge in [0.2, 0.25) is 5.78 Å². The molecule has 1 heterocycles. The van der Waals surface area contributed by atoms with Gasteiger partial charge in [0.25, 0.3) is 5.91 Å². The van der Waals surface area contributed by atoms with Gasteiger partial charge in [0, 0.05) is 34.8 Å². The predicted octanol–water partition coefficient (Wildman–Crippen LogP) is 1.73. The molecule has 0 aliphatic heterocycles. The van der Waals surface area contributed by atoms with E-state index in [1.165, 1.54) is 0 Å². The Labute approximate surface area is 153 Å². The Bertz CT molecular complexity index is 942. The fraction of sp³-hybridized carbons (Fsp3) is 0.238. The number of aromatic nitrogens is 1. The van der Waals surface area contributed by atoms with Crippen LogP contribution in [0, 0.1) is 6.92 Å². The van der Waals surface area contributed by atoms with Crippen LogP contribution in [0.1, 0.15) is 32.0 Å². The number of rotatable bonds is 6. The van der Waals surface area contributed by atoms with Gasteiger partial charge in [-0.25, -0.2) is 0 Å². The summed E-state index contributed by atoms with van der Waals surface area (Å²) in [6.45, 7) is 3.08. The maximum absolute atomic E-state index is 12.8. The van der Waals surface area contributed by atoms with Crippen LogP contribution in [-0.2, 0) is 6.54 Å². The standard InChI is InChI=1S/C21H23N3O2/c1-14-20(17-6-4-5-7-18(17)23-14)19(25)13-24(3)12-15-8-10-16(11-9-15)21(26)22-2/h4-11,23H,12-13H2,1-3H3,(H,22,26)/p+1. The first-order valence-electron chi connectivity index (χ1n) is 8.72. The number of fused-ring (bicyclic) bond motifs is 1. The Kier molecular flexibility index (Phi) is 5.19. The molecule has 2 aromatic carbocycles. The zero-order chi connectivity index (χ0) is 18.7. The maximum atomic E-state index is 12.8. The molecule has 1 aromatic heterocycles. The highest BCUT2D eigenvalue weighted by atomic mass is 16.1. The molecular formula is C21H24N3O2+. The van der Waals surface area contributed by atoms with Crippen molar-refractivity contribution in [3.63, 3.8) is 0 Å². The van der Waals surface area contributed by atoms with E-state index >= 15 is 0 Å². The molecule has 0 saturated heterocycles. The van der Waals surface area contributed by atoms with Gasteiger partial charge in [0.1, 0.15) is 13.1 Å². The number of carbonyl (C=O) groups is 2. The van der Waals surface area contributed by atoms with Crippen molar-refractivity contribution in [1.82, 2.24) is 10.3 Å². The molecule has 1 amide bonds. The van der Waals surface area contributed by atoms with E-state index in [9.17, 15) is 9.59 Å². The quantitative estimate of drug-likeness (QED) is 0.593. The van der Waals surface area contributed by atoms with E-state index in [2.05, 4.69) is 10.3 Å². The molecule has 3 rings (SSSR count). The summed E-state index contributed by atoms with van der Waals surface area (Å²) in [7, 11) is 3.63. The SMILES string of the molecule is CNC(=O)c1ccc(C[NH+](C)CC(=O)c2c(C)[nH]c3ccccc23)cc1. The van der Waals surface area contributed by atoms with Crippen molar-refractivity contribution in [2.75, 3.05) is 20.6 Å². The Morgan fingerprint density at radius 1 is 1.08 bits per heavy atom. The van der Waals surface area contributed by atoms with Crippen LogP contribution in [0.5, 0.6) is 0 Å². The molecule has 134 valence electrons. The molecule has 0 radical (unpaired) electrons. The number of likely N-dealkylation sites (N-methyl/N-ethyl adjacent to an activating group) is 1. The maximum Gasteiger partial charge on any atom is 0.251 e. The Morgan fingerprint density at radius 2 is 1.77 bits per heavy atom. The first-order valence-corrected chi connectivity index (χ1v) is 8.72. The monoisotopic (exact) mass is 350 g/mol. The highest BCUT2D eigenvalue weighted by Crippen LogP contribution is 2.21. The number of para-hydroxylation sites is 1. The van der Waals surface area contributed by atoms with Gasteiger partial charge in [-0.15, -0.1) is 0 Å². The molecule has 5 nitrogen and oxygen atoms in total. The molecule has 0 aliphatic carbocycles. The van der Waals surface area contributed by atoms with E-state index in [1.807, 2.05) is 62.5 Å². The minimum absolute atomic E-state index is 0.0951. The Hall–Kier alpha value is -2.92. The van der Waals surface area contributed by atoms with Crippen LogP contribution < -0.4 is 10.2 Å². The van der Waals surface area contributed by atoms with Gasteiger partial charge in [0.15, 0.2) is 0 Å². The summed E-state index contributed by atoms with van der Waals surface area (Å²) in [6.07, 6.45) is 0. The second-order valence-corrected chi connectivity index (χ2v) is 6.68. The number of H-pyrrole nitrogens is 1. The number of carbonyl (C=O) groups excluding carboxylic acids is 2. The van der Waals surface area contributed by atoms with Crippen LogP contribution in [0.15, 0.2) is 48.5 Å². The molecule has 1 unspecified atom stereocenters. The minimum atomic E-state index is -0.0951. The van der Waals surface area contributed by atoms with E-state index in [0.717, 1.165) is 39.2 Å². The molecular weight excluding hydrogens is 326 g/mol. The molecule has 5 heteroatoms. The third kappa shape index (κ3) is 3.68. The van der Waals surface area contributed by atoms with E-state index in [1.54, 1.807) is 7.05 Å². The highest BCUT2D eigenvalue weighted by Gasteiger charge is 2.19. The van der Waals surface area contributed by atoms with Crippen molar-refractivity contribution in [1.29, 1.82) is 0 Å². The Balaban J connectivity index is 1.69. The van der Waals surface area contributed by atoms with E-state index < -0.39 is 0 Å². The molecule has 1 atom stereocenters. The number of Topliss-reactive ketones (excluding diaryl/α,β-unsaturated/α-hetero) is 1. The average molecular weight is 350 g/mol. The van der Waals surface area contributed by atoms with Crippen molar-refractivity contribution in [3.05, 3.63) is 70.9 Å². The third-order valence-corrected chi connectivity index (χ3v) is 4.58. The summed E-state index contributed by atoms with van der Waals surface area (Å²) < 4.78 is 0. The molecule has 0 spiro atoms. The number of benzene rings is 2. The third-order valence-electron chi connectivity index (χ3n) is 4.58. The first-order chi connectivity index (χ1) is 12.5. The Morgan fingerprint density at radius 3 is 2.46 bits per heavy atom. The number of nitrogens with one attached hydrogen (secondary N) is 3. The van der Waals surface area contributed by atoms with Crippen molar-refractivity contribution in [2.24, 2.45) is 0 Å². The highest BCUT2D eigenvalue weighted by molar-refractivity contribution is 6.09. The largest absolute Gasteiger partial charge is 0.358 e. The zero-order valence-corrected chi connectivity index (χ0v) is 15.3. The first kappa shape index (κ1) is 17.9. The lowest BCUT2D eigenvalue weighted by Crippen LogP contribution is -3.08. The molecule has 0 aliphatic rings. The summed E-state index contributed by atoms with van der Waals surface area (Å²) in [5, 5.41) is 3.60. The lowest BCUT2D eigenvalue weighted by atomic mass is 10.1. The molecule has 0 fully saturated rings. The van der Waals surface area contributed by atoms with Gasteiger partial charge in [-0.3, -0.25) is 9.59 Å². The zero-order valence-electron chi connectivity index (χ0n) is 15.3. The van der Waals surface area contributed by atoms with E-state index in [0.29, 0.717) is 12.1 Å². The second-order valence-electron chi connectivity index (χ2n) is 6.68. The molecule has 0 bridgehead atoms. The van der Waals surface area contributed by atoms with Crippen molar-refractivity contribution in [3.8, 4) is 0 Å². The fourth-order valence-corrected chi connectivity index (χ4v) is 3.33. The van der Waals surface area contributed by atoms with Crippen molar-refractivity contribution in [2.45, 2.75) is 13.5 Å². The average Bonchev–Trinajstić information content (AvgIpc) is 2.97. The number of quaternary nitrogens is 1. The number of aryl methyl sites for hydroxylation is 1. The van der Waals surface area contributed by atoms with Gasteiger partial charge in [0.05, 0.1) is 12.6 Å². The lowest BCUT2D eigenvalue weighted by Gasteiger charge is -2.14. The fourth-order valence-electron chi connectivity index (χ4n) is 3.33. The lowest BCUT2D eigenvalue weighted by molar-refractivity contribution is -0.884. The van der Waals surface area contributed by atoms with Crippen LogP contribution in [0.2, 0.25) is 0 Å². The number of aromatic amines is 1. The summed E-state index contributed by atoms with van der Waals surface area (Å²) in [6, 6.07) is 15.4. The van der Waals surface area contributed by atoms with Gasteiger partial charge in [-0.2, -0.15) is 0 Å². The van der Waals surface area contributed by atoms with Crippen LogP contribution in [-0.4, -0.2) is 37.3 Å². The van der Waals surface area contributed by atoms with E-state index in [4.69, 9.17) is 0 Å². The smallest absolute Gasteiger partial charge is 0.251 e. The van der Waals surface area contributed by atoms with Crippen molar-refractivity contribution < 1.29 is 14.5 Å². The minimum Gasteiger partial charge on any atom is -0.358 e. The van der Waals surface area contributed by atoms with Crippen LogP contribution in [0.3, 0.4) is 0 Å². The van der Waals surface area contributed by atoms with Crippen LogP contribution in [0.25, 0.3) is 10.9 Å². The number of hydrogen-bond donors (Lipinski definition) is 3. The summed E-state index contributed by atoms with van der Waals surface area (Å²) in [5.74, 6) is 0.0432. The molecule has 0 saturated carbocycles. The number of hydrogen-bond acceptors (Lipinski definition) is 2. The van der Waals surface area contributed by atoms with Crippen molar-refractivity contribution >= 4 is 22.6 Å². The van der Waals surface area contributed by atoms with Gasteiger partial charge in [-0.05, 0) is 25.1 Å². The van der Waals surface area contributed by atoms with Crippen LogP contribution >= 0.6 is 0 Å². The topological polar surface area (TPSA) is 66.4 Å². The van der Waals surface area contributed by atoms with Gasteiger partial charge in [-0.1, -0.05) is 30.3 Å². The van der Waals surface area contributed by atoms with Gasteiger partial charge < -0.3 is 15.2 Å². The summed E-state index contributed by atoms with van der Waals surface area (Å²) >= 11 is 0. The second kappa shape index (κ2) is 7.54. The predicted molar refractivity (Wildman–Crippen MR) is 103 cm³/mol. The number of ketones is 1. The molecule has 3 aromatic rings. The number of amides is 1. The normalized spacial score (nSPS) is 12.1.